The minimum Gasteiger partial charge on any atom is -0.506 e. The highest BCUT2D eigenvalue weighted by Gasteiger charge is 2.19. The molecular weight excluding hydrogens is 470 g/mol. The molecule has 3 heterocycles. The lowest BCUT2D eigenvalue weighted by atomic mass is 9.86. The molecule has 0 spiro atoms. The summed E-state index contributed by atoms with van der Waals surface area (Å²) < 4.78 is 8.41. The highest BCUT2D eigenvalue weighted by Crippen LogP contribution is 2.37. The summed E-state index contributed by atoms with van der Waals surface area (Å²) in [4.78, 5) is 9.27. The molecule has 0 atom stereocenters. The van der Waals surface area contributed by atoms with Crippen LogP contribution in [0.25, 0.3) is 38.5 Å². The lowest BCUT2D eigenvalue weighted by molar-refractivity contribution is 0.460. The van der Waals surface area contributed by atoms with Crippen molar-refractivity contribution in [2.75, 3.05) is 0 Å². The Bertz CT molecular complexity index is 1810. The fourth-order valence-corrected chi connectivity index (χ4v) is 5.00. The Morgan fingerprint density at radius 2 is 1.68 bits per heavy atom. The van der Waals surface area contributed by atoms with Crippen LogP contribution in [-0.2, 0) is 5.41 Å². The third-order valence-corrected chi connectivity index (χ3v) is 7.14. The molecule has 0 aliphatic carbocycles. The first-order valence-electron chi connectivity index (χ1n) is 13.0. The molecule has 0 bridgehead atoms. The molecule has 1 N–H and O–H groups in total. The van der Waals surface area contributed by atoms with Gasteiger partial charge in [0.1, 0.15) is 22.8 Å². The van der Waals surface area contributed by atoms with E-state index in [1.165, 1.54) is 10.9 Å². The van der Waals surface area contributed by atoms with E-state index >= 15 is 0 Å². The molecule has 38 heavy (non-hydrogen) atoms. The van der Waals surface area contributed by atoms with E-state index in [1.807, 2.05) is 48.7 Å². The van der Waals surface area contributed by atoms with Gasteiger partial charge in [0.2, 0.25) is 5.88 Å². The molecule has 0 amide bonds. The molecule has 6 aromatic rings. The van der Waals surface area contributed by atoms with Gasteiger partial charge in [-0.1, -0.05) is 46.8 Å². The minimum absolute atomic E-state index is 0.0416. The zero-order valence-electron chi connectivity index (χ0n) is 22.4. The summed E-state index contributed by atoms with van der Waals surface area (Å²) in [6.07, 6.45) is 1.81. The van der Waals surface area contributed by atoms with Crippen LogP contribution in [0.4, 0.5) is 0 Å². The Hall–Kier alpha value is -4.38. The van der Waals surface area contributed by atoms with Crippen LogP contribution in [0.1, 0.15) is 51.7 Å². The molecule has 0 unspecified atom stereocenters. The zero-order valence-corrected chi connectivity index (χ0v) is 22.4. The highest BCUT2D eigenvalue weighted by atomic mass is 16.5. The standard InChI is InChI=1S/C33H31N3O2/c1-20(2)22-16-21-9-14-31(35-32(21)29(37)17-22)38-24-11-12-25-26-18-23(33(3,4)5)10-13-27(26)36(28(25)19-24)30-8-6-7-15-34-30/h6-20,37H,1-5H3. The van der Waals surface area contributed by atoms with Gasteiger partial charge in [0.15, 0.2) is 0 Å². The van der Waals surface area contributed by atoms with E-state index in [0.29, 0.717) is 23.1 Å². The third kappa shape index (κ3) is 4.14. The molecule has 0 fully saturated rings. The van der Waals surface area contributed by atoms with Crippen LogP contribution in [0.3, 0.4) is 0 Å². The van der Waals surface area contributed by atoms with E-state index in [2.05, 4.69) is 79.5 Å². The second-order valence-corrected chi connectivity index (χ2v) is 11.2. The topological polar surface area (TPSA) is 60.2 Å². The van der Waals surface area contributed by atoms with Crippen molar-refractivity contribution in [1.82, 2.24) is 14.5 Å². The van der Waals surface area contributed by atoms with Crippen molar-refractivity contribution < 1.29 is 9.84 Å². The predicted molar refractivity (Wildman–Crippen MR) is 155 cm³/mol. The molecule has 190 valence electrons. The Morgan fingerprint density at radius 3 is 2.42 bits per heavy atom. The number of benzene rings is 3. The van der Waals surface area contributed by atoms with Gasteiger partial charge >= 0.3 is 0 Å². The van der Waals surface area contributed by atoms with Crippen LogP contribution < -0.4 is 4.74 Å². The normalized spacial score (nSPS) is 12.2. The molecule has 5 nitrogen and oxygen atoms in total. The smallest absolute Gasteiger partial charge is 0.219 e. The summed E-state index contributed by atoms with van der Waals surface area (Å²) in [6.45, 7) is 10.9. The fourth-order valence-electron chi connectivity index (χ4n) is 5.00. The molecular formula is C33H31N3O2. The van der Waals surface area contributed by atoms with Crippen LogP contribution in [0, 0.1) is 0 Å². The molecule has 0 aliphatic rings. The van der Waals surface area contributed by atoms with Crippen LogP contribution in [0.2, 0.25) is 0 Å². The summed E-state index contributed by atoms with van der Waals surface area (Å²) in [7, 11) is 0. The summed E-state index contributed by atoms with van der Waals surface area (Å²) in [6, 6.07) is 26.4. The van der Waals surface area contributed by atoms with Crippen molar-refractivity contribution in [1.29, 1.82) is 0 Å². The summed E-state index contributed by atoms with van der Waals surface area (Å²) in [5.74, 6) is 2.43. The number of phenols is 1. The Morgan fingerprint density at radius 1 is 0.842 bits per heavy atom. The fraction of sp³-hybridized carbons (Fsp3) is 0.212. The maximum absolute atomic E-state index is 10.6. The van der Waals surface area contributed by atoms with Crippen molar-refractivity contribution in [2.24, 2.45) is 0 Å². The van der Waals surface area contributed by atoms with E-state index < -0.39 is 0 Å². The summed E-state index contributed by atoms with van der Waals surface area (Å²) in [5, 5.41) is 13.8. The van der Waals surface area contributed by atoms with Gasteiger partial charge in [-0.15, -0.1) is 0 Å². The van der Waals surface area contributed by atoms with Crippen molar-refractivity contribution in [3.63, 3.8) is 0 Å². The van der Waals surface area contributed by atoms with Gasteiger partial charge in [0.25, 0.3) is 0 Å². The Labute approximate surface area is 222 Å². The zero-order chi connectivity index (χ0) is 26.6. The molecule has 0 saturated heterocycles. The van der Waals surface area contributed by atoms with Crippen molar-refractivity contribution in [2.45, 2.75) is 46.0 Å². The highest BCUT2D eigenvalue weighted by molar-refractivity contribution is 6.09. The van der Waals surface area contributed by atoms with Gasteiger partial charge in [-0.3, -0.25) is 4.57 Å². The van der Waals surface area contributed by atoms with Gasteiger partial charge in [-0.2, -0.15) is 0 Å². The molecule has 0 saturated carbocycles. The number of ether oxygens (including phenoxy) is 1. The molecule has 3 aromatic carbocycles. The Balaban J connectivity index is 1.48. The Kier molecular flexibility index (Phi) is 5.60. The molecule has 6 rings (SSSR count). The average Bonchev–Trinajstić information content (AvgIpc) is 3.22. The van der Waals surface area contributed by atoms with Crippen LogP contribution in [0.5, 0.6) is 17.4 Å². The number of pyridine rings is 2. The molecule has 0 aliphatic heterocycles. The van der Waals surface area contributed by atoms with Crippen molar-refractivity contribution >= 4 is 32.7 Å². The van der Waals surface area contributed by atoms with Gasteiger partial charge in [0.05, 0.1) is 11.0 Å². The lowest BCUT2D eigenvalue weighted by Gasteiger charge is -2.19. The predicted octanol–water partition coefficient (Wildman–Crippen LogP) is 8.65. The first-order valence-corrected chi connectivity index (χ1v) is 13.0. The second-order valence-electron chi connectivity index (χ2n) is 11.2. The first kappa shape index (κ1) is 24.0. The van der Waals surface area contributed by atoms with Crippen molar-refractivity contribution in [3.8, 4) is 23.2 Å². The third-order valence-electron chi connectivity index (χ3n) is 7.14. The molecule has 3 aromatic heterocycles. The number of nitrogens with zero attached hydrogens (tertiary/aromatic N) is 3. The number of rotatable bonds is 4. The molecule has 0 radical (unpaired) electrons. The van der Waals surface area contributed by atoms with Crippen LogP contribution >= 0.6 is 0 Å². The average molecular weight is 502 g/mol. The van der Waals surface area contributed by atoms with E-state index in [0.717, 1.165) is 33.2 Å². The molecule has 5 heteroatoms. The number of phenolic OH excluding ortho intramolecular Hbond substituents is 1. The quantitative estimate of drug-likeness (QED) is 0.263. The monoisotopic (exact) mass is 501 g/mol. The van der Waals surface area contributed by atoms with E-state index in [4.69, 9.17) is 4.74 Å². The number of aromatic hydroxyl groups is 1. The minimum atomic E-state index is 0.0416. The number of hydrogen-bond acceptors (Lipinski definition) is 4. The van der Waals surface area contributed by atoms with Crippen LogP contribution in [-0.4, -0.2) is 19.6 Å². The summed E-state index contributed by atoms with van der Waals surface area (Å²) >= 11 is 0. The maximum Gasteiger partial charge on any atom is 0.219 e. The lowest BCUT2D eigenvalue weighted by Crippen LogP contribution is -2.10. The first-order chi connectivity index (χ1) is 18.2. The van der Waals surface area contributed by atoms with E-state index in [1.54, 1.807) is 6.07 Å². The largest absolute Gasteiger partial charge is 0.506 e. The van der Waals surface area contributed by atoms with Crippen LogP contribution in [0.15, 0.2) is 85.1 Å². The number of hydrogen-bond donors (Lipinski definition) is 1. The second kappa shape index (κ2) is 8.88. The van der Waals surface area contributed by atoms with Gasteiger partial charge in [-0.05, 0) is 77.1 Å². The SMILES string of the molecule is CC(C)c1cc(O)c2nc(Oc3ccc4c5cc(C(C)(C)C)ccc5n(-c5ccccn5)c4c3)ccc2c1. The van der Waals surface area contributed by atoms with Crippen molar-refractivity contribution in [3.05, 3.63) is 96.2 Å². The van der Waals surface area contributed by atoms with Gasteiger partial charge in [0, 0.05) is 34.5 Å². The number of fused-ring (bicyclic) bond motifs is 4. The van der Waals surface area contributed by atoms with E-state index in [-0.39, 0.29) is 11.2 Å². The van der Waals surface area contributed by atoms with Gasteiger partial charge in [-0.25, -0.2) is 9.97 Å². The van der Waals surface area contributed by atoms with Gasteiger partial charge < -0.3 is 9.84 Å². The van der Waals surface area contributed by atoms with E-state index in [9.17, 15) is 5.11 Å². The summed E-state index contributed by atoms with van der Waals surface area (Å²) in [5.41, 5.74) is 5.04. The maximum atomic E-state index is 10.6. The number of aromatic nitrogens is 3.